The number of methoxy groups -OCH3 is 1. The number of nitrogens with zero attached hydrogens (tertiary/aromatic N) is 1. The minimum absolute atomic E-state index is 0.0675. The van der Waals surface area contributed by atoms with E-state index < -0.39 is 0 Å². The Bertz CT molecular complexity index is 533. The molecule has 0 amide bonds. The van der Waals surface area contributed by atoms with Gasteiger partial charge in [0.05, 0.1) is 18.8 Å². The minimum atomic E-state index is -0.0675. The van der Waals surface area contributed by atoms with Crippen molar-refractivity contribution in [1.29, 1.82) is 0 Å². The summed E-state index contributed by atoms with van der Waals surface area (Å²) in [4.78, 5) is 11.5. The maximum absolute atomic E-state index is 11.5. The molecule has 0 unspecified atom stereocenters. The SMILES string of the molecule is COc1ccc2c(Br)ccc(=O)n2c1. The smallest absolute Gasteiger partial charge is 0.255 e. The summed E-state index contributed by atoms with van der Waals surface area (Å²) in [5.74, 6) is 0.665. The van der Waals surface area contributed by atoms with Gasteiger partial charge in [-0.15, -0.1) is 0 Å². The van der Waals surface area contributed by atoms with Gasteiger partial charge in [0.2, 0.25) is 0 Å². The van der Waals surface area contributed by atoms with Crippen LogP contribution in [0, 0.1) is 0 Å². The average molecular weight is 254 g/mol. The summed E-state index contributed by atoms with van der Waals surface area (Å²) in [5.41, 5.74) is 0.764. The predicted octanol–water partition coefficient (Wildman–Crippen LogP) is 2.07. The molecule has 2 aromatic heterocycles. The summed E-state index contributed by atoms with van der Waals surface area (Å²) in [6.45, 7) is 0. The molecule has 0 saturated carbocycles. The molecule has 0 atom stereocenters. The van der Waals surface area contributed by atoms with E-state index in [-0.39, 0.29) is 5.56 Å². The van der Waals surface area contributed by atoms with Crippen LogP contribution >= 0.6 is 15.9 Å². The van der Waals surface area contributed by atoms with Crippen molar-refractivity contribution in [3.8, 4) is 5.75 Å². The van der Waals surface area contributed by atoms with Crippen LogP contribution in [0.25, 0.3) is 5.52 Å². The van der Waals surface area contributed by atoms with Gasteiger partial charge < -0.3 is 4.74 Å². The van der Waals surface area contributed by atoms with E-state index in [0.29, 0.717) is 5.75 Å². The zero-order chi connectivity index (χ0) is 10.1. The molecule has 0 aromatic carbocycles. The zero-order valence-corrected chi connectivity index (χ0v) is 9.11. The summed E-state index contributed by atoms with van der Waals surface area (Å²) in [7, 11) is 1.57. The van der Waals surface area contributed by atoms with Gasteiger partial charge in [-0.05, 0) is 34.1 Å². The number of ether oxygens (including phenoxy) is 1. The maximum atomic E-state index is 11.5. The van der Waals surface area contributed by atoms with Crippen molar-refractivity contribution >= 4 is 21.4 Å². The second-order valence-corrected chi connectivity index (χ2v) is 3.70. The largest absolute Gasteiger partial charge is 0.495 e. The Morgan fingerprint density at radius 3 is 2.79 bits per heavy atom. The minimum Gasteiger partial charge on any atom is -0.495 e. The third-order valence-electron chi connectivity index (χ3n) is 2.01. The van der Waals surface area contributed by atoms with E-state index in [9.17, 15) is 4.79 Å². The molecule has 0 saturated heterocycles. The lowest BCUT2D eigenvalue weighted by Crippen LogP contribution is -2.11. The highest BCUT2D eigenvalue weighted by molar-refractivity contribution is 9.10. The van der Waals surface area contributed by atoms with Gasteiger partial charge >= 0.3 is 0 Å². The Labute approximate surface area is 89.1 Å². The summed E-state index contributed by atoms with van der Waals surface area (Å²) < 4.78 is 7.48. The molecule has 0 aliphatic heterocycles. The molecule has 0 aliphatic carbocycles. The van der Waals surface area contributed by atoms with E-state index >= 15 is 0 Å². The van der Waals surface area contributed by atoms with E-state index in [0.717, 1.165) is 9.99 Å². The van der Waals surface area contributed by atoms with Gasteiger partial charge in [-0.2, -0.15) is 0 Å². The van der Waals surface area contributed by atoms with Crippen LogP contribution in [-0.4, -0.2) is 11.5 Å². The third-order valence-corrected chi connectivity index (χ3v) is 2.68. The number of hydrogen-bond donors (Lipinski definition) is 0. The van der Waals surface area contributed by atoms with E-state index in [4.69, 9.17) is 4.74 Å². The van der Waals surface area contributed by atoms with Gasteiger partial charge in [0.25, 0.3) is 5.56 Å². The highest BCUT2D eigenvalue weighted by Gasteiger charge is 2.01. The van der Waals surface area contributed by atoms with Gasteiger partial charge in [0.1, 0.15) is 5.75 Å². The molecule has 2 heterocycles. The lowest BCUT2D eigenvalue weighted by atomic mass is 10.3. The van der Waals surface area contributed by atoms with Crippen LogP contribution < -0.4 is 10.3 Å². The molecule has 2 aromatic rings. The number of aromatic nitrogens is 1. The number of hydrogen-bond acceptors (Lipinski definition) is 2. The summed E-state index contributed by atoms with van der Waals surface area (Å²) in [6.07, 6.45) is 1.67. The second-order valence-electron chi connectivity index (χ2n) is 2.84. The molecule has 0 radical (unpaired) electrons. The number of rotatable bonds is 1. The first-order valence-electron chi connectivity index (χ1n) is 4.07. The van der Waals surface area contributed by atoms with Crippen LogP contribution in [0.2, 0.25) is 0 Å². The lowest BCUT2D eigenvalue weighted by Gasteiger charge is -2.04. The Morgan fingerprint density at radius 1 is 1.29 bits per heavy atom. The molecule has 0 bridgehead atoms. The molecule has 0 N–H and O–H groups in total. The van der Waals surface area contributed by atoms with E-state index in [1.54, 1.807) is 23.8 Å². The highest BCUT2D eigenvalue weighted by atomic mass is 79.9. The van der Waals surface area contributed by atoms with Crippen LogP contribution in [-0.2, 0) is 0 Å². The van der Waals surface area contributed by atoms with Crippen LogP contribution in [0.15, 0.2) is 39.7 Å². The Kier molecular flexibility index (Phi) is 2.29. The van der Waals surface area contributed by atoms with E-state index in [1.165, 1.54) is 6.07 Å². The predicted molar refractivity (Wildman–Crippen MR) is 57.9 cm³/mol. The normalized spacial score (nSPS) is 10.4. The number of fused-ring (bicyclic) bond motifs is 1. The molecule has 0 spiro atoms. The van der Waals surface area contributed by atoms with Gasteiger partial charge in [-0.1, -0.05) is 0 Å². The van der Waals surface area contributed by atoms with E-state index in [2.05, 4.69) is 15.9 Å². The molecule has 0 fully saturated rings. The zero-order valence-electron chi connectivity index (χ0n) is 7.53. The number of halogens is 1. The van der Waals surface area contributed by atoms with Crippen molar-refractivity contribution in [1.82, 2.24) is 4.40 Å². The van der Waals surface area contributed by atoms with Crippen molar-refractivity contribution < 1.29 is 4.74 Å². The highest BCUT2D eigenvalue weighted by Crippen LogP contribution is 2.18. The van der Waals surface area contributed by atoms with Crippen molar-refractivity contribution in [2.75, 3.05) is 7.11 Å². The topological polar surface area (TPSA) is 30.7 Å². The van der Waals surface area contributed by atoms with Crippen molar-refractivity contribution in [3.05, 3.63) is 45.3 Å². The van der Waals surface area contributed by atoms with Crippen molar-refractivity contribution in [3.63, 3.8) is 0 Å². The first-order valence-corrected chi connectivity index (χ1v) is 4.86. The molecule has 72 valence electrons. The molecule has 2 rings (SSSR count). The van der Waals surface area contributed by atoms with Crippen LogP contribution in [0.1, 0.15) is 0 Å². The summed E-state index contributed by atoms with van der Waals surface area (Å²) in [6, 6.07) is 6.91. The van der Waals surface area contributed by atoms with Crippen molar-refractivity contribution in [2.24, 2.45) is 0 Å². The fourth-order valence-electron chi connectivity index (χ4n) is 1.29. The quantitative estimate of drug-likeness (QED) is 0.779. The standard InChI is InChI=1S/C10H8BrNO2/c1-14-7-2-4-9-8(11)3-5-10(13)12(9)6-7/h2-6H,1H3. The molecule has 0 aliphatic rings. The number of pyridine rings is 2. The van der Waals surface area contributed by atoms with Gasteiger partial charge in [0, 0.05) is 10.5 Å². The average Bonchev–Trinajstić information content (AvgIpc) is 2.23. The fraction of sp³-hybridized carbons (Fsp3) is 0.100. The third kappa shape index (κ3) is 1.42. The Balaban J connectivity index is 2.87. The summed E-state index contributed by atoms with van der Waals surface area (Å²) in [5, 5.41) is 0. The first kappa shape index (κ1) is 9.27. The van der Waals surface area contributed by atoms with Crippen molar-refractivity contribution in [2.45, 2.75) is 0 Å². The molecular formula is C10H8BrNO2. The van der Waals surface area contributed by atoms with Crippen LogP contribution in [0.5, 0.6) is 5.75 Å². The molecule has 14 heavy (non-hydrogen) atoms. The van der Waals surface area contributed by atoms with Crippen LogP contribution in [0.4, 0.5) is 0 Å². The Morgan fingerprint density at radius 2 is 2.07 bits per heavy atom. The summed E-state index contributed by atoms with van der Waals surface area (Å²) >= 11 is 3.38. The Hall–Kier alpha value is -1.29. The fourth-order valence-corrected chi connectivity index (χ4v) is 1.74. The molecule has 4 heteroatoms. The second kappa shape index (κ2) is 3.46. The lowest BCUT2D eigenvalue weighted by molar-refractivity contribution is 0.412. The van der Waals surface area contributed by atoms with Crippen LogP contribution in [0.3, 0.4) is 0 Å². The molecular weight excluding hydrogens is 246 g/mol. The molecule has 3 nitrogen and oxygen atoms in total. The first-order chi connectivity index (χ1) is 6.72. The van der Waals surface area contributed by atoms with Gasteiger partial charge in [-0.25, -0.2) is 0 Å². The van der Waals surface area contributed by atoms with Gasteiger partial charge in [0.15, 0.2) is 0 Å². The maximum Gasteiger partial charge on any atom is 0.255 e. The van der Waals surface area contributed by atoms with E-state index in [1.807, 2.05) is 12.1 Å². The van der Waals surface area contributed by atoms with Gasteiger partial charge in [-0.3, -0.25) is 9.20 Å². The monoisotopic (exact) mass is 253 g/mol.